The Hall–Kier alpha value is -1.33. The standard InChI is InChI=1S/C15H22BNO3/c1-9(2)13(18)15(3,4)20-16-11-6-5-10-8-17-14(19)12(10)7-11/h5-7,9,13,16,18H,8H2,1-4H3,(H,17,19). The first-order valence-corrected chi connectivity index (χ1v) is 7.03. The molecule has 5 heteroatoms. The van der Waals surface area contributed by atoms with Crippen molar-refractivity contribution >= 4 is 18.9 Å². The van der Waals surface area contributed by atoms with E-state index in [9.17, 15) is 9.90 Å². The third-order valence-electron chi connectivity index (χ3n) is 3.81. The van der Waals surface area contributed by atoms with Crippen LogP contribution in [-0.2, 0) is 11.2 Å². The van der Waals surface area contributed by atoms with Gasteiger partial charge >= 0.3 is 7.48 Å². The van der Waals surface area contributed by atoms with Gasteiger partial charge in [0.05, 0.1) is 11.7 Å². The zero-order valence-corrected chi connectivity index (χ0v) is 12.6. The zero-order chi connectivity index (χ0) is 14.9. The highest BCUT2D eigenvalue weighted by Crippen LogP contribution is 2.20. The molecule has 108 valence electrons. The molecule has 20 heavy (non-hydrogen) atoms. The largest absolute Gasteiger partial charge is 0.427 e. The average Bonchev–Trinajstić information content (AvgIpc) is 2.77. The van der Waals surface area contributed by atoms with Crippen LogP contribution in [0, 0.1) is 5.92 Å². The molecule has 1 atom stereocenters. The zero-order valence-electron chi connectivity index (χ0n) is 12.6. The second kappa shape index (κ2) is 5.58. The predicted molar refractivity (Wildman–Crippen MR) is 80.4 cm³/mol. The van der Waals surface area contributed by atoms with Crippen molar-refractivity contribution in [1.29, 1.82) is 0 Å². The van der Waals surface area contributed by atoms with Gasteiger partial charge in [-0.15, -0.1) is 0 Å². The number of hydrogen-bond donors (Lipinski definition) is 2. The summed E-state index contributed by atoms with van der Waals surface area (Å²) in [6.45, 7) is 8.31. The second-order valence-electron chi connectivity index (χ2n) is 6.26. The Labute approximate surface area is 120 Å². The SMILES string of the molecule is CC(C)C(O)C(C)(C)OBc1ccc2c(c1)C(=O)NC2. The lowest BCUT2D eigenvalue weighted by Gasteiger charge is -2.33. The van der Waals surface area contributed by atoms with E-state index in [1.54, 1.807) is 0 Å². The number of carbonyl (C=O) groups is 1. The molecule has 0 spiro atoms. The van der Waals surface area contributed by atoms with E-state index in [0.29, 0.717) is 14.0 Å². The highest BCUT2D eigenvalue weighted by atomic mass is 16.5. The molecular weight excluding hydrogens is 253 g/mol. The Kier molecular flexibility index (Phi) is 4.21. The van der Waals surface area contributed by atoms with Crippen LogP contribution in [0.25, 0.3) is 0 Å². The van der Waals surface area contributed by atoms with Crippen LogP contribution in [0.1, 0.15) is 43.6 Å². The van der Waals surface area contributed by atoms with Gasteiger partial charge in [-0.2, -0.15) is 0 Å². The molecule has 1 heterocycles. The molecule has 0 saturated carbocycles. The van der Waals surface area contributed by atoms with Crippen LogP contribution in [0.2, 0.25) is 0 Å². The number of fused-ring (bicyclic) bond motifs is 1. The minimum atomic E-state index is -0.616. The fourth-order valence-electron chi connectivity index (χ4n) is 2.51. The Bertz CT molecular complexity index is 514. The summed E-state index contributed by atoms with van der Waals surface area (Å²) in [5.41, 5.74) is 2.09. The van der Waals surface area contributed by atoms with Gasteiger partial charge in [0.2, 0.25) is 0 Å². The highest BCUT2D eigenvalue weighted by molar-refractivity contribution is 6.47. The maximum Gasteiger partial charge on any atom is 0.309 e. The molecule has 2 N–H and O–H groups in total. The van der Waals surface area contributed by atoms with Crippen molar-refractivity contribution in [3.63, 3.8) is 0 Å². The molecule has 2 rings (SSSR count). The maximum absolute atomic E-state index is 11.6. The number of nitrogens with one attached hydrogen (secondary N) is 1. The lowest BCUT2D eigenvalue weighted by molar-refractivity contribution is -0.0499. The molecule has 0 bridgehead atoms. The van der Waals surface area contributed by atoms with Crippen LogP contribution in [0.15, 0.2) is 18.2 Å². The first kappa shape index (κ1) is 15.1. The van der Waals surface area contributed by atoms with Gasteiger partial charge in [-0.25, -0.2) is 0 Å². The average molecular weight is 275 g/mol. The normalized spacial score (nSPS) is 16.0. The molecule has 1 aliphatic heterocycles. The lowest BCUT2D eigenvalue weighted by Crippen LogP contribution is -2.45. The number of carbonyl (C=O) groups excluding carboxylic acids is 1. The third-order valence-corrected chi connectivity index (χ3v) is 3.81. The third kappa shape index (κ3) is 3.05. The van der Waals surface area contributed by atoms with E-state index in [4.69, 9.17) is 4.65 Å². The van der Waals surface area contributed by atoms with Gasteiger partial charge in [0.1, 0.15) is 0 Å². The van der Waals surface area contributed by atoms with Crippen molar-refractivity contribution in [1.82, 2.24) is 5.32 Å². The van der Waals surface area contributed by atoms with E-state index in [-0.39, 0.29) is 11.8 Å². The number of hydrogen-bond acceptors (Lipinski definition) is 3. The molecule has 1 amide bonds. The van der Waals surface area contributed by atoms with Crippen LogP contribution in [-0.4, -0.2) is 30.2 Å². The Balaban J connectivity index is 2.05. The Morgan fingerprint density at radius 1 is 1.40 bits per heavy atom. The Morgan fingerprint density at radius 2 is 2.10 bits per heavy atom. The first-order valence-electron chi connectivity index (χ1n) is 7.03. The van der Waals surface area contributed by atoms with E-state index in [0.717, 1.165) is 16.6 Å². The number of aliphatic hydroxyl groups is 1. The second-order valence-corrected chi connectivity index (χ2v) is 6.26. The van der Waals surface area contributed by atoms with Crippen molar-refractivity contribution < 1.29 is 14.6 Å². The Morgan fingerprint density at radius 3 is 2.75 bits per heavy atom. The highest BCUT2D eigenvalue weighted by Gasteiger charge is 2.31. The van der Waals surface area contributed by atoms with Crippen LogP contribution >= 0.6 is 0 Å². The number of aliphatic hydroxyl groups excluding tert-OH is 1. The van der Waals surface area contributed by atoms with E-state index in [2.05, 4.69) is 5.32 Å². The summed E-state index contributed by atoms with van der Waals surface area (Å²) >= 11 is 0. The number of amides is 1. The van der Waals surface area contributed by atoms with E-state index < -0.39 is 11.7 Å². The molecule has 1 unspecified atom stereocenters. The van der Waals surface area contributed by atoms with Gasteiger partial charge in [-0.3, -0.25) is 4.79 Å². The number of benzene rings is 1. The minimum absolute atomic E-state index is 0.0247. The van der Waals surface area contributed by atoms with E-state index in [1.807, 2.05) is 45.9 Å². The molecule has 1 aromatic carbocycles. The van der Waals surface area contributed by atoms with Crippen molar-refractivity contribution in [2.45, 2.75) is 45.9 Å². The van der Waals surface area contributed by atoms with Gasteiger partial charge in [-0.1, -0.05) is 37.5 Å². The molecule has 0 saturated heterocycles. The topological polar surface area (TPSA) is 58.6 Å². The molecule has 1 aromatic rings. The van der Waals surface area contributed by atoms with Gasteiger partial charge in [-0.05, 0) is 25.3 Å². The van der Waals surface area contributed by atoms with Crippen LogP contribution < -0.4 is 10.8 Å². The molecule has 0 fully saturated rings. The van der Waals surface area contributed by atoms with Gasteiger partial charge < -0.3 is 15.1 Å². The quantitative estimate of drug-likeness (QED) is 0.778. The van der Waals surface area contributed by atoms with Gasteiger partial charge in [0, 0.05) is 12.1 Å². The molecule has 0 aliphatic carbocycles. The summed E-state index contributed by atoms with van der Waals surface area (Å²) in [5, 5.41) is 12.9. The summed E-state index contributed by atoms with van der Waals surface area (Å²) in [5.74, 6) is 0.110. The summed E-state index contributed by atoms with van der Waals surface area (Å²) in [6, 6.07) is 5.80. The molecule has 1 aliphatic rings. The van der Waals surface area contributed by atoms with E-state index >= 15 is 0 Å². The minimum Gasteiger partial charge on any atom is -0.427 e. The molecule has 4 nitrogen and oxygen atoms in total. The molecule has 0 radical (unpaired) electrons. The van der Waals surface area contributed by atoms with Crippen molar-refractivity contribution in [2.24, 2.45) is 5.92 Å². The summed E-state index contributed by atoms with van der Waals surface area (Å²) in [4.78, 5) is 11.6. The van der Waals surface area contributed by atoms with Crippen molar-refractivity contribution in [3.05, 3.63) is 29.3 Å². The van der Waals surface area contributed by atoms with Crippen LogP contribution in [0.4, 0.5) is 0 Å². The number of rotatable bonds is 5. The fourth-order valence-corrected chi connectivity index (χ4v) is 2.51. The monoisotopic (exact) mass is 275 g/mol. The summed E-state index contributed by atoms with van der Waals surface area (Å²) < 4.78 is 5.85. The van der Waals surface area contributed by atoms with Crippen molar-refractivity contribution in [2.75, 3.05) is 0 Å². The summed E-state index contributed by atoms with van der Waals surface area (Å²) in [7, 11) is 0.386. The van der Waals surface area contributed by atoms with E-state index in [1.165, 1.54) is 0 Å². The van der Waals surface area contributed by atoms with Crippen molar-refractivity contribution in [3.8, 4) is 0 Å². The smallest absolute Gasteiger partial charge is 0.309 e. The van der Waals surface area contributed by atoms with Gasteiger partial charge in [0.25, 0.3) is 5.91 Å². The molecule has 0 aromatic heterocycles. The lowest BCUT2D eigenvalue weighted by atomic mass is 9.83. The maximum atomic E-state index is 11.6. The van der Waals surface area contributed by atoms with Crippen LogP contribution in [0.5, 0.6) is 0 Å². The first-order chi connectivity index (χ1) is 9.31. The molecular formula is C15H22BNO3. The summed E-state index contributed by atoms with van der Waals surface area (Å²) in [6.07, 6.45) is -0.528. The predicted octanol–water partition coefficient (Wildman–Crippen LogP) is 0.719. The van der Waals surface area contributed by atoms with Gasteiger partial charge in [0.15, 0.2) is 0 Å². The fraction of sp³-hybridized carbons (Fsp3) is 0.533. The van der Waals surface area contributed by atoms with Crippen LogP contribution in [0.3, 0.4) is 0 Å².